The summed E-state index contributed by atoms with van der Waals surface area (Å²) in [5.41, 5.74) is 2.83. The fraction of sp³-hybridized carbons (Fsp3) is 0.0833. The number of aryl methyl sites for hydroxylation is 1. The van der Waals surface area contributed by atoms with E-state index in [1.54, 1.807) is 0 Å². The molecule has 3 rings (SSSR count). The average molecular weight is 213 g/mol. The van der Waals surface area contributed by atoms with Crippen LogP contribution in [-0.4, -0.2) is 14.8 Å². The zero-order chi connectivity index (χ0) is 11.1. The molecule has 0 unspecified atom stereocenters. The SMILES string of the molecule is Cc1[nH]ccc1-n1[nH]c(=O)c2ccccc21. The Balaban J connectivity index is 2.42. The zero-order valence-corrected chi connectivity index (χ0v) is 8.82. The molecule has 0 amide bonds. The maximum atomic E-state index is 11.7. The Bertz CT molecular complexity index is 702. The number of nitrogens with zero attached hydrogens (tertiary/aromatic N) is 1. The molecular weight excluding hydrogens is 202 g/mol. The van der Waals surface area contributed by atoms with Gasteiger partial charge in [0.2, 0.25) is 0 Å². The van der Waals surface area contributed by atoms with Crippen molar-refractivity contribution in [1.29, 1.82) is 0 Å². The molecule has 2 N–H and O–H groups in total. The molecule has 0 saturated heterocycles. The van der Waals surface area contributed by atoms with Gasteiger partial charge in [0.25, 0.3) is 5.56 Å². The van der Waals surface area contributed by atoms with E-state index in [0.717, 1.165) is 16.9 Å². The summed E-state index contributed by atoms with van der Waals surface area (Å²) in [6.07, 6.45) is 1.86. The van der Waals surface area contributed by atoms with Crippen molar-refractivity contribution in [1.82, 2.24) is 14.8 Å². The van der Waals surface area contributed by atoms with Gasteiger partial charge in [-0.2, -0.15) is 0 Å². The van der Waals surface area contributed by atoms with Crippen LogP contribution in [0.2, 0.25) is 0 Å². The Hall–Kier alpha value is -2.23. The highest BCUT2D eigenvalue weighted by atomic mass is 16.1. The molecule has 2 aromatic heterocycles. The molecule has 0 atom stereocenters. The van der Waals surface area contributed by atoms with Crippen LogP contribution in [0.1, 0.15) is 5.69 Å². The number of para-hydroxylation sites is 1. The molecule has 0 aliphatic rings. The molecule has 0 radical (unpaired) electrons. The summed E-state index contributed by atoms with van der Waals surface area (Å²) in [7, 11) is 0. The maximum Gasteiger partial charge on any atom is 0.272 e. The lowest BCUT2D eigenvalue weighted by Gasteiger charge is -2.02. The van der Waals surface area contributed by atoms with Gasteiger partial charge in [-0.3, -0.25) is 14.6 Å². The molecule has 4 nitrogen and oxygen atoms in total. The third-order valence-electron chi connectivity index (χ3n) is 2.77. The lowest BCUT2D eigenvalue weighted by atomic mass is 10.2. The normalized spacial score (nSPS) is 11.1. The molecule has 0 saturated carbocycles. The smallest absolute Gasteiger partial charge is 0.272 e. The average Bonchev–Trinajstić information content (AvgIpc) is 2.84. The standard InChI is InChI=1S/C12H11N3O/c1-8-10(6-7-13-8)15-11-5-3-2-4-9(11)12(16)14-15/h2-7,13H,1H3,(H,14,16). The van der Waals surface area contributed by atoms with Crippen LogP contribution < -0.4 is 5.56 Å². The quantitative estimate of drug-likeness (QED) is 0.637. The van der Waals surface area contributed by atoms with Crippen molar-refractivity contribution in [2.45, 2.75) is 6.92 Å². The van der Waals surface area contributed by atoms with E-state index in [0.29, 0.717) is 5.39 Å². The summed E-state index contributed by atoms with van der Waals surface area (Å²) in [6.45, 7) is 1.97. The first kappa shape index (κ1) is 9.03. The largest absolute Gasteiger partial charge is 0.363 e. The Morgan fingerprint density at radius 1 is 1.19 bits per heavy atom. The Morgan fingerprint density at radius 3 is 2.75 bits per heavy atom. The van der Waals surface area contributed by atoms with Gasteiger partial charge in [0.05, 0.1) is 16.6 Å². The molecule has 3 aromatic rings. The second kappa shape index (κ2) is 3.13. The fourth-order valence-electron chi connectivity index (χ4n) is 1.96. The number of aromatic nitrogens is 3. The molecule has 0 aliphatic carbocycles. The Labute approximate surface area is 91.5 Å². The summed E-state index contributed by atoms with van der Waals surface area (Å²) in [6, 6.07) is 9.49. The summed E-state index contributed by atoms with van der Waals surface area (Å²) < 4.78 is 1.81. The number of hydrogen-bond acceptors (Lipinski definition) is 1. The van der Waals surface area contributed by atoms with Crippen LogP contribution in [0.3, 0.4) is 0 Å². The summed E-state index contributed by atoms with van der Waals surface area (Å²) >= 11 is 0. The van der Waals surface area contributed by atoms with E-state index in [-0.39, 0.29) is 5.56 Å². The first-order valence-corrected chi connectivity index (χ1v) is 5.11. The number of fused-ring (bicyclic) bond motifs is 1. The van der Waals surface area contributed by atoms with E-state index in [4.69, 9.17) is 0 Å². The van der Waals surface area contributed by atoms with Crippen LogP contribution in [0.4, 0.5) is 0 Å². The molecule has 2 heterocycles. The van der Waals surface area contributed by atoms with Crippen LogP contribution in [0.25, 0.3) is 16.6 Å². The third kappa shape index (κ3) is 1.13. The van der Waals surface area contributed by atoms with Crippen molar-refractivity contribution in [3.05, 3.63) is 52.6 Å². The van der Waals surface area contributed by atoms with Crippen molar-refractivity contribution in [3.8, 4) is 5.69 Å². The number of hydrogen-bond donors (Lipinski definition) is 2. The van der Waals surface area contributed by atoms with Crippen LogP contribution in [0, 0.1) is 6.92 Å². The van der Waals surface area contributed by atoms with Crippen molar-refractivity contribution in [2.75, 3.05) is 0 Å². The van der Waals surface area contributed by atoms with Crippen molar-refractivity contribution >= 4 is 10.9 Å². The van der Waals surface area contributed by atoms with Crippen LogP contribution in [0.5, 0.6) is 0 Å². The molecule has 1 aromatic carbocycles. The molecule has 0 aliphatic heterocycles. The van der Waals surface area contributed by atoms with Gasteiger partial charge in [-0.1, -0.05) is 12.1 Å². The Kier molecular flexibility index (Phi) is 1.77. The highest BCUT2D eigenvalue weighted by Gasteiger charge is 2.08. The lowest BCUT2D eigenvalue weighted by Crippen LogP contribution is -2.04. The predicted molar refractivity (Wildman–Crippen MR) is 63.0 cm³/mol. The molecule has 0 bridgehead atoms. The van der Waals surface area contributed by atoms with E-state index in [1.165, 1.54) is 0 Å². The van der Waals surface area contributed by atoms with Crippen molar-refractivity contribution < 1.29 is 0 Å². The first-order valence-electron chi connectivity index (χ1n) is 5.11. The first-order chi connectivity index (χ1) is 7.77. The number of H-pyrrole nitrogens is 2. The minimum Gasteiger partial charge on any atom is -0.363 e. The van der Waals surface area contributed by atoms with E-state index >= 15 is 0 Å². The minimum absolute atomic E-state index is 0.0591. The zero-order valence-electron chi connectivity index (χ0n) is 8.82. The lowest BCUT2D eigenvalue weighted by molar-refractivity contribution is 0.884. The van der Waals surface area contributed by atoms with Gasteiger partial charge in [-0.15, -0.1) is 0 Å². The van der Waals surface area contributed by atoms with Crippen LogP contribution in [-0.2, 0) is 0 Å². The van der Waals surface area contributed by atoms with Crippen molar-refractivity contribution in [2.24, 2.45) is 0 Å². The number of benzene rings is 1. The molecule has 80 valence electrons. The summed E-state index contributed by atoms with van der Waals surface area (Å²) in [5, 5.41) is 3.55. The van der Waals surface area contributed by atoms with Gasteiger partial charge < -0.3 is 4.98 Å². The molecule has 4 heteroatoms. The second-order valence-electron chi connectivity index (χ2n) is 3.78. The van der Waals surface area contributed by atoms with Gasteiger partial charge >= 0.3 is 0 Å². The molecular formula is C12H11N3O. The van der Waals surface area contributed by atoms with Gasteiger partial charge in [0.15, 0.2) is 0 Å². The van der Waals surface area contributed by atoms with E-state index in [9.17, 15) is 4.79 Å². The van der Waals surface area contributed by atoms with Gasteiger partial charge in [0.1, 0.15) is 0 Å². The van der Waals surface area contributed by atoms with E-state index in [2.05, 4.69) is 10.1 Å². The predicted octanol–water partition coefficient (Wildman–Crippen LogP) is 1.96. The summed E-state index contributed by atoms with van der Waals surface area (Å²) in [4.78, 5) is 14.8. The molecule has 0 spiro atoms. The second-order valence-corrected chi connectivity index (χ2v) is 3.78. The summed E-state index contributed by atoms with van der Waals surface area (Å²) in [5.74, 6) is 0. The minimum atomic E-state index is -0.0591. The third-order valence-corrected chi connectivity index (χ3v) is 2.77. The highest BCUT2D eigenvalue weighted by Crippen LogP contribution is 2.16. The molecule has 0 fully saturated rings. The van der Waals surface area contributed by atoms with Crippen LogP contribution >= 0.6 is 0 Å². The highest BCUT2D eigenvalue weighted by molar-refractivity contribution is 5.80. The van der Waals surface area contributed by atoms with Crippen molar-refractivity contribution in [3.63, 3.8) is 0 Å². The topological polar surface area (TPSA) is 53.6 Å². The van der Waals surface area contributed by atoms with E-state index < -0.39 is 0 Å². The fourth-order valence-corrected chi connectivity index (χ4v) is 1.96. The Morgan fingerprint density at radius 2 is 2.00 bits per heavy atom. The number of rotatable bonds is 1. The number of nitrogens with one attached hydrogen (secondary N) is 2. The van der Waals surface area contributed by atoms with Gasteiger partial charge in [-0.25, -0.2) is 0 Å². The van der Waals surface area contributed by atoms with Gasteiger partial charge in [0, 0.05) is 11.9 Å². The van der Waals surface area contributed by atoms with E-state index in [1.807, 2.05) is 48.1 Å². The molecule has 16 heavy (non-hydrogen) atoms. The van der Waals surface area contributed by atoms with Crippen LogP contribution in [0.15, 0.2) is 41.3 Å². The number of aromatic amines is 2. The maximum absolute atomic E-state index is 11.7. The monoisotopic (exact) mass is 213 g/mol. The van der Waals surface area contributed by atoms with Gasteiger partial charge in [-0.05, 0) is 25.1 Å².